The van der Waals surface area contributed by atoms with Crippen LogP contribution in [-0.2, 0) is 14.6 Å². The van der Waals surface area contributed by atoms with E-state index in [0.29, 0.717) is 11.4 Å². The summed E-state index contributed by atoms with van der Waals surface area (Å²) in [6.07, 6.45) is 0. The molecule has 5 nitrogen and oxygen atoms in total. The summed E-state index contributed by atoms with van der Waals surface area (Å²) in [4.78, 5) is 11.7. The molecule has 1 amide bonds. The Morgan fingerprint density at radius 2 is 2.00 bits per heavy atom. The highest BCUT2D eigenvalue weighted by Gasteiger charge is 2.20. The molecule has 100 valence electrons. The van der Waals surface area contributed by atoms with Gasteiger partial charge in [0.25, 0.3) is 0 Å². The zero-order chi connectivity index (χ0) is 13.9. The van der Waals surface area contributed by atoms with Crippen LogP contribution in [0.5, 0.6) is 0 Å². The molecule has 0 aliphatic heterocycles. The first-order valence-electron chi connectivity index (χ1n) is 5.60. The van der Waals surface area contributed by atoms with Gasteiger partial charge in [-0.1, -0.05) is 6.07 Å². The molecule has 0 heterocycles. The SMILES string of the molecule is Cc1ccc(N)cc1NC(=O)CS(=O)(=O)C(C)C. The maximum Gasteiger partial charge on any atom is 0.239 e. The van der Waals surface area contributed by atoms with E-state index in [-0.39, 0.29) is 0 Å². The lowest BCUT2D eigenvalue weighted by Crippen LogP contribution is -2.28. The van der Waals surface area contributed by atoms with E-state index in [1.807, 2.05) is 6.92 Å². The first-order valence-corrected chi connectivity index (χ1v) is 7.31. The van der Waals surface area contributed by atoms with Crippen LogP contribution in [0, 0.1) is 6.92 Å². The second kappa shape index (κ2) is 5.39. The molecule has 0 fully saturated rings. The van der Waals surface area contributed by atoms with Crippen molar-refractivity contribution in [2.45, 2.75) is 26.0 Å². The quantitative estimate of drug-likeness (QED) is 0.808. The van der Waals surface area contributed by atoms with Gasteiger partial charge in [-0.15, -0.1) is 0 Å². The minimum absolute atomic E-state index is 0.515. The number of anilines is 2. The first-order chi connectivity index (χ1) is 8.22. The fourth-order valence-electron chi connectivity index (χ4n) is 1.31. The average molecular weight is 270 g/mol. The number of nitrogens with one attached hydrogen (secondary N) is 1. The van der Waals surface area contributed by atoms with Crippen LogP contribution in [-0.4, -0.2) is 25.3 Å². The van der Waals surface area contributed by atoms with Gasteiger partial charge in [0.15, 0.2) is 9.84 Å². The Morgan fingerprint density at radius 3 is 2.56 bits per heavy atom. The molecule has 0 radical (unpaired) electrons. The molecule has 0 bridgehead atoms. The number of nitrogens with two attached hydrogens (primary N) is 1. The zero-order valence-electron chi connectivity index (χ0n) is 10.7. The van der Waals surface area contributed by atoms with Gasteiger partial charge in [-0.2, -0.15) is 0 Å². The molecule has 0 aliphatic rings. The predicted molar refractivity (Wildman–Crippen MR) is 73.1 cm³/mol. The molecule has 1 aromatic rings. The van der Waals surface area contributed by atoms with Crippen LogP contribution < -0.4 is 11.1 Å². The fourth-order valence-corrected chi connectivity index (χ4v) is 2.08. The molecule has 1 aromatic carbocycles. The van der Waals surface area contributed by atoms with Crippen LogP contribution in [0.25, 0.3) is 0 Å². The molecule has 0 unspecified atom stereocenters. The Kier molecular flexibility index (Phi) is 4.34. The third-order valence-electron chi connectivity index (χ3n) is 2.59. The fraction of sp³-hybridized carbons (Fsp3) is 0.417. The minimum Gasteiger partial charge on any atom is -0.399 e. The summed E-state index contributed by atoms with van der Waals surface area (Å²) >= 11 is 0. The number of sulfone groups is 1. The summed E-state index contributed by atoms with van der Waals surface area (Å²) in [5.41, 5.74) is 7.50. The smallest absolute Gasteiger partial charge is 0.239 e. The van der Waals surface area contributed by atoms with Crippen LogP contribution in [0.3, 0.4) is 0 Å². The topological polar surface area (TPSA) is 89.3 Å². The van der Waals surface area contributed by atoms with E-state index in [4.69, 9.17) is 5.73 Å². The van der Waals surface area contributed by atoms with Crippen LogP contribution in [0.2, 0.25) is 0 Å². The molecule has 0 spiro atoms. The molecule has 0 saturated heterocycles. The summed E-state index contributed by atoms with van der Waals surface area (Å²) in [7, 11) is -3.38. The lowest BCUT2D eigenvalue weighted by atomic mass is 10.2. The molecule has 6 heteroatoms. The largest absolute Gasteiger partial charge is 0.399 e. The number of benzene rings is 1. The monoisotopic (exact) mass is 270 g/mol. The second-order valence-electron chi connectivity index (χ2n) is 4.48. The summed E-state index contributed by atoms with van der Waals surface area (Å²) < 4.78 is 23.2. The number of rotatable bonds is 4. The Bertz CT molecular complexity index is 550. The molecular formula is C12H18N2O3S. The normalized spacial score (nSPS) is 11.6. The average Bonchev–Trinajstić information content (AvgIpc) is 2.22. The lowest BCUT2D eigenvalue weighted by Gasteiger charge is -2.11. The maximum atomic E-state index is 11.7. The van der Waals surface area contributed by atoms with Crippen molar-refractivity contribution in [1.82, 2.24) is 0 Å². The lowest BCUT2D eigenvalue weighted by molar-refractivity contribution is -0.113. The molecular weight excluding hydrogens is 252 g/mol. The van der Waals surface area contributed by atoms with E-state index in [9.17, 15) is 13.2 Å². The van der Waals surface area contributed by atoms with E-state index in [1.165, 1.54) is 0 Å². The van der Waals surface area contributed by atoms with Crippen LogP contribution in [0.4, 0.5) is 11.4 Å². The number of nitrogen functional groups attached to an aromatic ring is 1. The van der Waals surface area contributed by atoms with Gasteiger partial charge in [0, 0.05) is 11.4 Å². The number of hydrogen-bond acceptors (Lipinski definition) is 4. The molecule has 0 aliphatic carbocycles. The molecule has 3 N–H and O–H groups in total. The summed E-state index contributed by atoms with van der Waals surface area (Å²) in [5, 5.41) is 2.00. The predicted octanol–water partition coefficient (Wildman–Crippen LogP) is 1.34. The highest BCUT2D eigenvalue weighted by atomic mass is 32.2. The van der Waals surface area contributed by atoms with Crippen molar-refractivity contribution >= 4 is 27.1 Å². The van der Waals surface area contributed by atoms with Gasteiger partial charge in [-0.3, -0.25) is 4.79 Å². The summed E-state index contributed by atoms with van der Waals surface area (Å²) in [6, 6.07) is 5.09. The van der Waals surface area contributed by atoms with Crippen LogP contribution in [0.1, 0.15) is 19.4 Å². The molecule has 1 rings (SSSR count). The van der Waals surface area contributed by atoms with E-state index in [1.54, 1.807) is 32.0 Å². The summed E-state index contributed by atoms with van der Waals surface area (Å²) in [5.74, 6) is -1.06. The van der Waals surface area contributed by atoms with E-state index >= 15 is 0 Å². The second-order valence-corrected chi connectivity index (χ2v) is 7.04. The van der Waals surface area contributed by atoms with Gasteiger partial charge in [-0.05, 0) is 38.5 Å². The third kappa shape index (κ3) is 3.73. The standard InChI is InChI=1S/C12H18N2O3S/c1-8(2)18(16,17)7-12(15)14-11-6-10(13)5-4-9(11)3/h4-6,8H,7,13H2,1-3H3,(H,14,15). The van der Waals surface area contributed by atoms with Gasteiger partial charge >= 0.3 is 0 Å². The van der Waals surface area contributed by atoms with Crippen molar-refractivity contribution < 1.29 is 13.2 Å². The highest BCUT2D eigenvalue weighted by Crippen LogP contribution is 2.18. The molecule has 0 atom stereocenters. The third-order valence-corrected chi connectivity index (χ3v) is 4.69. The molecule has 18 heavy (non-hydrogen) atoms. The van der Waals surface area contributed by atoms with Gasteiger partial charge in [-0.25, -0.2) is 8.42 Å². The van der Waals surface area contributed by atoms with Crippen LogP contribution >= 0.6 is 0 Å². The van der Waals surface area contributed by atoms with E-state index in [2.05, 4.69) is 5.32 Å². The van der Waals surface area contributed by atoms with E-state index in [0.717, 1.165) is 5.56 Å². The van der Waals surface area contributed by atoms with Gasteiger partial charge < -0.3 is 11.1 Å². The zero-order valence-corrected chi connectivity index (χ0v) is 11.5. The van der Waals surface area contributed by atoms with Crippen molar-refractivity contribution in [2.24, 2.45) is 0 Å². The molecule has 0 aromatic heterocycles. The van der Waals surface area contributed by atoms with Crippen molar-refractivity contribution in [3.63, 3.8) is 0 Å². The Morgan fingerprint density at radius 1 is 1.39 bits per heavy atom. The van der Waals surface area contributed by atoms with Crippen molar-refractivity contribution in [2.75, 3.05) is 16.8 Å². The maximum absolute atomic E-state index is 11.7. The van der Waals surface area contributed by atoms with Crippen molar-refractivity contribution in [3.8, 4) is 0 Å². The van der Waals surface area contributed by atoms with Crippen molar-refractivity contribution in [3.05, 3.63) is 23.8 Å². The van der Waals surface area contributed by atoms with E-state index < -0.39 is 26.7 Å². The van der Waals surface area contributed by atoms with Gasteiger partial charge in [0.2, 0.25) is 5.91 Å². The Balaban J connectivity index is 2.80. The number of aryl methyl sites for hydroxylation is 1. The highest BCUT2D eigenvalue weighted by molar-refractivity contribution is 7.92. The van der Waals surface area contributed by atoms with Crippen LogP contribution in [0.15, 0.2) is 18.2 Å². The number of amides is 1. The number of carbonyl (C=O) groups excluding carboxylic acids is 1. The van der Waals surface area contributed by atoms with Gasteiger partial charge in [0.1, 0.15) is 5.75 Å². The summed E-state index contributed by atoms with van der Waals surface area (Å²) in [6.45, 7) is 4.91. The van der Waals surface area contributed by atoms with Gasteiger partial charge in [0.05, 0.1) is 5.25 Å². The Labute approximate surface area is 107 Å². The number of hydrogen-bond donors (Lipinski definition) is 2. The Hall–Kier alpha value is -1.56. The van der Waals surface area contributed by atoms with Crippen molar-refractivity contribution in [1.29, 1.82) is 0 Å². The molecule has 0 saturated carbocycles. The first kappa shape index (κ1) is 14.5. The number of carbonyl (C=O) groups is 1. The minimum atomic E-state index is -3.38.